The number of nitrogens with one attached hydrogen (secondary N) is 3. The normalized spacial score (nSPS) is 13.6. The number of nitrogens with zero attached hydrogens (tertiary/aromatic N) is 1. The third-order valence-corrected chi connectivity index (χ3v) is 5.41. The molecule has 1 aliphatic rings. The lowest BCUT2D eigenvalue weighted by Crippen LogP contribution is -2.35. The second-order valence-corrected chi connectivity index (χ2v) is 7.88. The number of amides is 4. The Balaban J connectivity index is 1.33. The van der Waals surface area contributed by atoms with Crippen LogP contribution in [-0.4, -0.2) is 35.8 Å². The first-order valence-electron chi connectivity index (χ1n) is 11.0. The van der Waals surface area contributed by atoms with Gasteiger partial charge < -0.3 is 25.3 Å². The van der Waals surface area contributed by atoms with Gasteiger partial charge in [-0.05, 0) is 67.4 Å². The second kappa shape index (κ2) is 10.5. The topological polar surface area (TPSA) is 104 Å². The summed E-state index contributed by atoms with van der Waals surface area (Å²) in [6.07, 6.45) is 5.82. The van der Waals surface area contributed by atoms with Crippen LogP contribution in [0.5, 0.6) is 0 Å². The summed E-state index contributed by atoms with van der Waals surface area (Å²) in [5, 5.41) is 8.44. The first kappa shape index (κ1) is 22.1. The van der Waals surface area contributed by atoms with Gasteiger partial charge in [0.1, 0.15) is 0 Å². The molecular weight excluding hydrogens is 420 g/mol. The molecule has 0 radical (unpaired) electrons. The number of hydrogen-bond acceptors (Lipinski definition) is 4. The zero-order valence-electron chi connectivity index (χ0n) is 18.2. The highest BCUT2D eigenvalue weighted by atomic mass is 16.3. The highest BCUT2D eigenvalue weighted by Gasteiger charge is 2.16. The van der Waals surface area contributed by atoms with Crippen molar-refractivity contribution in [3.05, 3.63) is 78.3 Å². The van der Waals surface area contributed by atoms with Crippen molar-refractivity contribution in [1.82, 2.24) is 4.90 Å². The minimum absolute atomic E-state index is 0.0953. The quantitative estimate of drug-likeness (QED) is 0.502. The largest absolute Gasteiger partial charge is 0.459 e. The fraction of sp³-hybridized carbons (Fsp3) is 0.240. The van der Waals surface area contributed by atoms with Gasteiger partial charge >= 0.3 is 6.03 Å². The van der Waals surface area contributed by atoms with E-state index in [-0.39, 0.29) is 17.7 Å². The number of urea groups is 1. The minimum atomic E-state index is -0.393. The lowest BCUT2D eigenvalue weighted by atomic mass is 10.1. The van der Waals surface area contributed by atoms with Gasteiger partial charge in [-0.2, -0.15) is 0 Å². The average Bonchev–Trinajstić information content (AvgIpc) is 3.23. The molecule has 0 saturated carbocycles. The Morgan fingerprint density at radius 2 is 1.36 bits per heavy atom. The molecule has 4 rings (SSSR count). The predicted octanol–water partition coefficient (Wildman–Crippen LogP) is 5.19. The monoisotopic (exact) mass is 446 g/mol. The number of carbonyl (C=O) groups excluding carboxylic acids is 3. The van der Waals surface area contributed by atoms with Crippen molar-refractivity contribution in [3.63, 3.8) is 0 Å². The number of anilines is 3. The van der Waals surface area contributed by atoms with E-state index in [0.717, 1.165) is 38.8 Å². The van der Waals surface area contributed by atoms with Crippen molar-refractivity contribution in [2.75, 3.05) is 29.0 Å². The van der Waals surface area contributed by atoms with Crippen molar-refractivity contribution < 1.29 is 18.8 Å². The third-order valence-electron chi connectivity index (χ3n) is 5.41. The van der Waals surface area contributed by atoms with E-state index in [1.54, 1.807) is 60.7 Å². The molecule has 1 aromatic heterocycles. The number of hydrogen-bond donors (Lipinski definition) is 3. The molecule has 1 aliphatic heterocycles. The molecule has 1 fully saturated rings. The number of benzene rings is 2. The van der Waals surface area contributed by atoms with Crippen LogP contribution in [0.2, 0.25) is 0 Å². The number of carbonyl (C=O) groups is 3. The molecule has 4 amide bonds. The molecular formula is C25H26N4O4. The summed E-state index contributed by atoms with van der Waals surface area (Å²) < 4.78 is 5.08. The molecule has 2 heterocycles. The Bertz CT molecular complexity index is 1100. The van der Waals surface area contributed by atoms with E-state index in [0.29, 0.717) is 22.6 Å². The van der Waals surface area contributed by atoms with Crippen molar-refractivity contribution in [2.45, 2.75) is 25.7 Å². The first-order chi connectivity index (χ1) is 16.1. The first-order valence-corrected chi connectivity index (χ1v) is 11.0. The standard InChI is InChI=1S/C25H26N4O4/c30-23(18-7-5-8-21(17-18)27-24(31)22-9-6-16-33-22)26-19-10-12-20(13-11-19)28-25(32)29-14-3-1-2-4-15-29/h5-13,16-17H,1-4,14-15H2,(H,26,30)(H,27,31)(H,28,32). The fourth-order valence-corrected chi connectivity index (χ4v) is 3.66. The molecule has 0 spiro atoms. The number of rotatable bonds is 5. The highest BCUT2D eigenvalue weighted by molar-refractivity contribution is 6.06. The van der Waals surface area contributed by atoms with Crippen LogP contribution in [0.1, 0.15) is 46.6 Å². The van der Waals surface area contributed by atoms with Crippen LogP contribution in [-0.2, 0) is 0 Å². The Kier molecular flexibility index (Phi) is 7.04. The van der Waals surface area contributed by atoms with Gasteiger partial charge in [-0.15, -0.1) is 0 Å². The van der Waals surface area contributed by atoms with E-state index in [1.807, 2.05) is 4.90 Å². The van der Waals surface area contributed by atoms with Crippen molar-refractivity contribution in [2.24, 2.45) is 0 Å². The molecule has 33 heavy (non-hydrogen) atoms. The number of furan rings is 1. The summed E-state index contributed by atoms with van der Waals surface area (Å²) in [5.41, 5.74) is 2.14. The van der Waals surface area contributed by atoms with Crippen LogP contribution in [0, 0.1) is 0 Å². The van der Waals surface area contributed by atoms with Crippen LogP contribution in [0.15, 0.2) is 71.3 Å². The highest BCUT2D eigenvalue weighted by Crippen LogP contribution is 2.18. The lowest BCUT2D eigenvalue weighted by Gasteiger charge is -2.20. The SMILES string of the molecule is O=C(Nc1ccc(NC(=O)N2CCCCCC2)cc1)c1cccc(NC(=O)c2ccco2)c1. The van der Waals surface area contributed by atoms with Crippen LogP contribution in [0.3, 0.4) is 0 Å². The van der Waals surface area contributed by atoms with E-state index in [1.165, 1.54) is 6.26 Å². The van der Waals surface area contributed by atoms with Gasteiger partial charge in [0.25, 0.3) is 11.8 Å². The average molecular weight is 447 g/mol. The molecule has 0 unspecified atom stereocenters. The van der Waals surface area contributed by atoms with Crippen LogP contribution in [0.4, 0.5) is 21.9 Å². The Labute approximate surface area is 192 Å². The van der Waals surface area contributed by atoms with Crippen molar-refractivity contribution >= 4 is 34.9 Å². The summed E-state index contributed by atoms with van der Waals surface area (Å²) in [7, 11) is 0. The maximum atomic E-state index is 12.7. The molecule has 0 atom stereocenters. The fourth-order valence-electron chi connectivity index (χ4n) is 3.66. The lowest BCUT2D eigenvalue weighted by molar-refractivity contribution is 0.0993. The maximum absolute atomic E-state index is 12.7. The smallest absolute Gasteiger partial charge is 0.321 e. The molecule has 2 aromatic carbocycles. The second-order valence-electron chi connectivity index (χ2n) is 7.88. The van der Waals surface area contributed by atoms with Gasteiger partial charge in [-0.3, -0.25) is 9.59 Å². The molecule has 1 saturated heterocycles. The predicted molar refractivity (Wildman–Crippen MR) is 127 cm³/mol. The van der Waals surface area contributed by atoms with E-state index in [4.69, 9.17) is 4.42 Å². The van der Waals surface area contributed by atoms with E-state index in [9.17, 15) is 14.4 Å². The van der Waals surface area contributed by atoms with E-state index in [2.05, 4.69) is 16.0 Å². The molecule has 0 aliphatic carbocycles. The van der Waals surface area contributed by atoms with E-state index < -0.39 is 5.91 Å². The maximum Gasteiger partial charge on any atom is 0.321 e. The Hall–Kier alpha value is -4.07. The van der Waals surface area contributed by atoms with Gasteiger partial charge in [0.15, 0.2) is 5.76 Å². The van der Waals surface area contributed by atoms with Gasteiger partial charge in [0.05, 0.1) is 6.26 Å². The summed E-state index contributed by atoms with van der Waals surface area (Å²) in [6, 6.07) is 16.7. The van der Waals surface area contributed by atoms with Gasteiger partial charge in [0, 0.05) is 35.7 Å². The van der Waals surface area contributed by atoms with Gasteiger partial charge in [-0.1, -0.05) is 18.9 Å². The van der Waals surface area contributed by atoms with E-state index >= 15 is 0 Å². The van der Waals surface area contributed by atoms with Crippen LogP contribution >= 0.6 is 0 Å². The molecule has 0 bridgehead atoms. The third kappa shape index (κ3) is 6.00. The zero-order chi connectivity index (χ0) is 23.0. The Morgan fingerprint density at radius 3 is 2.03 bits per heavy atom. The summed E-state index contributed by atoms with van der Waals surface area (Å²) in [4.78, 5) is 39.1. The molecule has 3 aromatic rings. The van der Waals surface area contributed by atoms with Crippen LogP contribution < -0.4 is 16.0 Å². The molecule has 3 N–H and O–H groups in total. The molecule has 8 nitrogen and oxygen atoms in total. The van der Waals surface area contributed by atoms with Crippen molar-refractivity contribution in [1.29, 1.82) is 0 Å². The molecule has 8 heteroatoms. The van der Waals surface area contributed by atoms with Gasteiger partial charge in [0.2, 0.25) is 0 Å². The van der Waals surface area contributed by atoms with Gasteiger partial charge in [-0.25, -0.2) is 4.79 Å². The number of likely N-dealkylation sites (tertiary alicyclic amines) is 1. The van der Waals surface area contributed by atoms with Crippen LogP contribution in [0.25, 0.3) is 0 Å². The Morgan fingerprint density at radius 1 is 0.697 bits per heavy atom. The summed E-state index contributed by atoms with van der Waals surface area (Å²) >= 11 is 0. The minimum Gasteiger partial charge on any atom is -0.459 e. The summed E-state index contributed by atoms with van der Waals surface area (Å²) in [6.45, 7) is 1.56. The zero-order valence-corrected chi connectivity index (χ0v) is 18.2. The van der Waals surface area contributed by atoms with Crippen molar-refractivity contribution in [3.8, 4) is 0 Å². The molecule has 170 valence electrons. The summed E-state index contributed by atoms with van der Waals surface area (Å²) in [5.74, 6) is -0.520.